The average Bonchev–Trinajstić information content (AvgIpc) is 2.40. The minimum Gasteiger partial charge on any atom is -0.329 e. The molecular weight excluding hydrogens is 253 g/mol. The van der Waals surface area contributed by atoms with Gasteiger partial charge in [0.2, 0.25) is 0 Å². The molecule has 0 spiro atoms. The molecule has 106 valence electrons. The van der Waals surface area contributed by atoms with Gasteiger partial charge in [0.05, 0.1) is 5.56 Å². The highest BCUT2D eigenvalue weighted by molar-refractivity contribution is 5.32. The van der Waals surface area contributed by atoms with Gasteiger partial charge in [-0.1, -0.05) is 24.6 Å². The zero-order valence-corrected chi connectivity index (χ0v) is 10.8. The van der Waals surface area contributed by atoms with E-state index in [1.807, 2.05) is 0 Å². The van der Waals surface area contributed by atoms with Crippen LogP contribution >= 0.6 is 0 Å². The average molecular weight is 272 g/mol. The first kappa shape index (κ1) is 14.3. The number of benzene rings is 1. The third kappa shape index (κ3) is 3.28. The highest BCUT2D eigenvalue weighted by Gasteiger charge is 2.36. The summed E-state index contributed by atoms with van der Waals surface area (Å²) in [5.41, 5.74) is 5.48. The standard InChI is InChI=1S/C14H19F3N2/c15-14(16,17)12-7-3-2-6-11(12)13(10-18)19-8-4-1-5-9-19/h2-3,6-7,13H,1,4-5,8-10,18H2/t13-/m1/s1. The van der Waals surface area contributed by atoms with Gasteiger partial charge in [-0.25, -0.2) is 0 Å². The Hall–Kier alpha value is -1.07. The maximum absolute atomic E-state index is 13.1. The van der Waals surface area contributed by atoms with E-state index >= 15 is 0 Å². The molecule has 0 unspecified atom stereocenters. The van der Waals surface area contributed by atoms with E-state index in [-0.39, 0.29) is 12.6 Å². The van der Waals surface area contributed by atoms with Gasteiger partial charge in [-0.15, -0.1) is 0 Å². The summed E-state index contributed by atoms with van der Waals surface area (Å²) in [5, 5.41) is 0. The Balaban J connectivity index is 2.32. The van der Waals surface area contributed by atoms with Crippen molar-refractivity contribution in [1.29, 1.82) is 0 Å². The van der Waals surface area contributed by atoms with Crippen LogP contribution in [0.1, 0.15) is 36.4 Å². The molecule has 2 rings (SSSR count). The van der Waals surface area contributed by atoms with Crippen LogP contribution in [-0.4, -0.2) is 24.5 Å². The Morgan fingerprint density at radius 1 is 1.11 bits per heavy atom. The van der Waals surface area contributed by atoms with Crippen molar-refractivity contribution >= 4 is 0 Å². The summed E-state index contributed by atoms with van der Waals surface area (Å²) in [5.74, 6) is 0. The smallest absolute Gasteiger partial charge is 0.329 e. The number of likely N-dealkylation sites (tertiary alicyclic amines) is 1. The summed E-state index contributed by atoms with van der Waals surface area (Å²) >= 11 is 0. The largest absolute Gasteiger partial charge is 0.416 e. The highest BCUT2D eigenvalue weighted by atomic mass is 19.4. The lowest BCUT2D eigenvalue weighted by atomic mass is 9.96. The van der Waals surface area contributed by atoms with Gasteiger partial charge in [-0.05, 0) is 37.6 Å². The number of nitrogens with zero attached hydrogens (tertiary/aromatic N) is 1. The molecule has 1 heterocycles. The number of nitrogens with two attached hydrogens (primary N) is 1. The molecule has 1 saturated heterocycles. The van der Waals surface area contributed by atoms with Crippen molar-refractivity contribution in [2.75, 3.05) is 19.6 Å². The SMILES string of the molecule is NC[C@H](c1ccccc1C(F)(F)F)N1CCCCC1. The fourth-order valence-corrected chi connectivity index (χ4v) is 2.75. The summed E-state index contributed by atoms with van der Waals surface area (Å²) in [6, 6.07) is 5.43. The predicted octanol–water partition coefficient (Wildman–Crippen LogP) is 3.19. The van der Waals surface area contributed by atoms with Crippen molar-refractivity contribution in [3.8, 4) is 0 Å². The van der Waals surface area contributed by atoms with Crippen LogP contribution in [0.15, 0.2) is 24.3 Å². The molecular formula is C14H19F3N2. The van der Waals surface area contributed by atoms with Crippen molar-refractivity contribution in [3.05, 3.63) is 35.4 Å². The number of halogens is 3. The van der Waals surface area contributed by atoms with Gasteiger partial charge < -0.3 is 5.73 Å². The molecule has 0 bridgehead atoms. The number of alkyl halides is 3. The topological polar surface area (TPSA) is 29.3 Å². The lowest BCUT2D eigenvalue weighted by Crippen LogP contribution is -2.38. The first-order valence-electron chi connectivity index (χ1n) is 6.64. The van der Waals surface area contributed by atoms with Crippen LogP contribution in [0.2, 0.25) is 0 Å². The van der Waals surface area contributed by atoms with Crippen LogP contribution < -0.4 is 5.73 Å². The predicted molar refractivity (Wildman–Crippen MR) is 68.7 cm³/mol. The van der Waals surface area contributed by atoms with Crippen molar-refractivity contribution in [3.63, 3.8) is 0 Å². The van der Waals surface area contributed by atoms with Gasteiger partial charge in [-0.3, -0.25) is 4.90 Å². The normalized spacial score (nSPS) is 19.4. The summed E-state index contributed by atoms with van der Waals surface area (Å²) in [6.07, 6.45) is -1.11. The summed E-state index contributed by atoms with van der Waals surface area (Å²) in [4.78, 5) is 2.08. The number of piperidine rings is 1. The lowest BCUT2D eigenvalue weighted by Gasteiger charge is -2.35. The van der Waals surface area contributed by atoms with E-state index in [0.29, 0.717) is 5.56 Å². The minimum absolute atomic E-state index is 0.215. The Kier molecular flexibility index (Phi) is 4.47. The second kappa shape index (κ2) is 5.92. The highest BCUT2D eigenvalue weighted by Crippen LogP contribution is 2.36. The van der Waals surface area contributed by atoms with Gasteiger partial charge in [-0.2, -0.15) is 13.2 Å². The molecule has 1 aromatic carbocycles. The number of rotatable bonds is 3. The molecule has 0 radical (unpaired) electrons. The molecule has 1 fully saturated rings. The van der Waals surface area contributed by atoms with E-state index in [2.05, 4.69) is 4.90 Å². The van der Waals surface area contributed by atoms with Crippen LogP contribution in [0.4, 0.5) is 13.2 Å². The van der Waals surface area contributed by atoms with Gasteiger partial charge in [0, 0.05) is 12.6 Å². The molecule has 1 aliphatic heterocycles. The van der Waals surface area contributed by atoms with Crippen molar-refractivity contribution in [2.45, 2.75) is 31.5 Å². The van der Waals surface area contributed by atoms with Crippen LogP contribution in [0.3, 0.4) is 0 Å². The van der Waals surface area contributed by atoms with Crippen LogP contribution in [0, 0.1) is 0 Å². The lowest BCUT2D eigenvalue weighted by molar-refractivity contribution is -0.138. The molecule has 0 amide bonds. The Morgan fingerprint density at radius 2 is 1.74 bits per heavy atom. The van der Waals surface area contributed by atoms with Crippen molar-refractivity contribution in [2.24, 2.45) is 5.73 Å². The maximum atomic E-state index is 13.1. The van der Waals surface area contributed by atoms with E-state index in [4.69, 9.17) is 5.73 Å². The number of hydrogen-bond acceptors (Lipinski definition) is 2. The van der Waals surface area contributed by atoms with Gasteiger partial charge in [0.1, 0.15) is 0 Å². The summed E-state index contributed by atoms with van der Waals surface area (Å²) < 4.78 is 39.2. The quantitative estimate of drug-likeness (QED) is 0.915. The fourth-order valence-electron chi connectivity index (χ4n) is 2.75. The van der Waals surface area contributed by atoms with Crippen LogP contribution in [-0.2, 0) is 6.18 Å². The summed E-state index contributed by atoms with van der Waals surface area (Å²) in [7, 11) is 0. The Labute approximate surface area is 111 Å². The third-order valence-electron chi connectivity index (χ3n) is 3.68. The maximum Gasteiger partial charge on any atom is 0.416 e. The zero-order valence-electron chi connectivity index (χ0n) is 10.8. The molecule has 1 aliphatic rings. The fraction of sp³-hybridized carbons (Fsp3) is 0.571. The van der Waals surface area contributed by atoms with E-state index < -0.39 is 11.7 Å². The summed E-state index contributed by atoms with van der Waals surface area (Å²) in [6.45, 7) is 1.87. The molecule has 19 heavy (non-hydrogen) atoms. The third-order valence-corrected chi connectivity index (χ3v) is 3.68. The van der Waals surface area contributed by atoms with Gasteiger partial charge in [0.25, 0.3) is 0 Å². The molecule has 5 heteroatoms. The van der Waals surface area contributed by atoms with E-state index in [1.54, 1.807) is 12.1 Å². The molecule has 0 saturated carbocycles. The molecule has 2 nitrogen and oxygen atoms in total. The van der Waals surface area contributed by atoms with E-state index in [0.717, 1.165) is 38.4 Å². The Bertz CT molecular complexity index is 411. The van der Waals surface area contributed by atoms with Gasteiger partial charge >= 0.3 is 6.18 Å². The first-order valence-corrected chi connectivity index (χ1v) is 6.64. The minimum atomic E-state index is -4.32. The number of hydrogen-bond donors (Lipinski definition) is 1. The van der Waals surface area contributed by atoms with Crippen LogP contribution in [0.5, 0.6) is 0 Å². The van der Waals surface area contributed by atoms with Gasteiger partial charge in [0.15, 0.2) is 0 Å². The Morgan fingerprint density at radius 3 is 2.32 bits per heavy atom. The second-order valence-corrected chi connectivity index (χ2v) is 4.93. The zero-order chi connectivity index (χ0) is 13.9. The second-order valence-electron chi connectivity index (χ2n) is 4.93. The monoisotopic (exact) mass is 272 g/mol. The van der Waals surface area contributed by atoms with Crippen LogP contribution in [0.25, 0.3) is 0 Å². The first-order chi connectivity index (χ1) is 9.04. The van der Waals surface area contributed by atoms with Crippen molar-refractivity contribution < 1.29 is 13.2 Å². The molecule has 0 aliphatic carbocycles. The van der Waals surface area contributed by atoms with Crippen molar-refractivity contribution in [1.82, 2.24) is 4.90 Å². The molecule has 1 atom stereocenters. The molecule has 2 N–H and O–H groups in total. The molecule has 1 aromatic rings. The van der Waals surface area contributed by atoms with E-state index in [1.165, 1.54) is 6.07 Å². The molecule has 0 aromatic heterocycles. The van der Waals surface area contributed by atoms with E-state index in [9.17, 15) is 13.2 Å².